The number of aromatic nitrogens is 5. The van der Waals surface area contributed by atoms with Gasteiger partial charge in [-0.05, 0) is 59.7 Å². The van der Waals surface area contributed by atoms with Crippen LogP contribution in [0, 0.1) is 0 Å². The number of nitrogens with one attached hydrogen (secondary N) is 1. The second kappa shape index (κ2) is 11.4. The molecule has 0 unspecified atom stereocenters. The molecule has 0 bridgehead atoms. The first-order chi connectivity index (χ1) is 19.1. The number of pyridine rings is 1. The van der Waals surface area contributed by atoms with Crippen LogP contribution in [0.25, 0.3) is 16.6 Å². The Labute approximate surface area is 246 Å². The van der Waals surface area contributed by atoms with Gasteiger partial charge in [-0.3, -0.25) is 0 Å². The van der Waals surface area contributed by atoms with E-state index >= 15 is 0 Å². The average Bonchev–Trinajstić information content (AvgIpc) is 3.26. The normalized spacial score (nSPS) is 11.7. The average molecular weight is 602 g/mol. The van der Waals surface area contributed by atoms with Gasteiger partial charge >= 0.3 is 18.2 Å². The van der Waals surface area contributed by atoms with Crippen LogP contribution in [0.5, 0.6) is 6.01 Å². The van der Waals surface area contributed by atoms with Crippen LogP contribution in [0.2, 0.25) is 10.0 Å². The van der Waals surface area contributed by atoms with Crippen LogP contribution in [-0.4, -0.2) is 55.2 Å². The van der Waals surface area contributed by atoms with E-state index in [1.807, 2.05) is 0 Å². The summed E-state index contributed by atoms with van der Waals surface area (Å²) in [6.07, 6.45) is 1.29. The highest BCUT2D eigenvalue weighted by molar-refractivity contribution is 6.37. The van der Waals surface area contributed by atoms with Crippen molar-refractivity contribution in [2.75, 3.05) is 17.3 Å². The molecule has 1 N–H and O–H groups in total. The quantitative estimate of drug-likeness (QED) is 0.256. The number of anilines is 3. The largest absolute Gasteiger partial charge is 0.467 e. The fourth-order valence-corrected chi connectivity index (χ4v) is 4.12. The Bertz CT molecular complexity index is 1560. The van der Waals surface area contributed by atoms with Crippen molar-refractivity contribution < 1.29 is 23.8 Å². The molecule has 0 fully saturated rings. The van der Waals surface area contributed by atoms with Crippen LogP contribution in [-0.2, 0) is 9.47 Å². The lowest BCUT2D eigenvalue weighted by atomic mass is 10.2. The molecule has 4 rings (SSSR count). The zero-order valence-electron chi connectivity index (χ0n) is 23.5. The van der Waals surface area contributed by atoms with Crippen molar-refractivity contribution in [3.8, 4) is 11.7 Å². The van der Waals surface area contributed by atoms with Crippen LogP contribution in [0.4, 0.5) is 27.0 Å². The summed E-state index contributed by atoms with van der Waals surface area (Å²) < 4.78 is 17.7. The molecule has 0 saturated carbocycles. The Morgan fingerprint density at radius 2 is 1.56 bits per heavy atom. The Hall–Kier alpha value is -4.16. The maximum Gasteiger partial charge on any atom is 0.425 e. The summed E-state index contributed by atoms with van der Waals surface area (Å²) in [5, 5.41) is 9.12. The molecule has 0 aliphatic heterocycles. The van der Waals surface area contributed by atoms with Crippen molar-refractivity contribution in [3.63, 3.8) is 0 Å². The first-order valence-corrected chi connectivity index (χ1v) is 13.2. The van der Waals surface area contributed by atoms with Gasteiger partial charge in [0.05, 0.1) is 28.1 Å². The maximum atomic E-state index is 13.2. The number of para-hydroxylation sites is 1. The number of nitrogens with zero attached hydrogens (tertiary/aromatic N) is 6. The van der Waals surface area contributed by atoms with Gasteiger partial charge in [0.2, 0.25) is 0 Å². The molecule has 0 spiro atoms. The third kappa shape index (κ3) is 7.14. The molecule has 0 atom stereocenters. The number of imide groups is 1. The van der Waals surface area contributed by atoms with Crippen LogP contribution in [0.15, 0.2) is 42.7 Å². The van der Waals surface area contributed by atoms with Crippen molar-refractivity contribution >= 4 is 63.7 Å². The van der Waals surface area contributed by atoms with Crippen LogP contribution < -0.4 is 15.0 Å². The van der Waals surface area contributed by atoms with Gasteiger partial charge in [0.15, 0.2) is 5.82 Å². The van der Waals surface area contributed by atoms with Crippen LogP contribution >= 0.6 is 23.2 Å². The second-order valence-electron chi connectivity index (χ2n) is 10.8. The number of halogens is 2. The number of rotatable bonds is 5. The third-order valence-electron chi connectivity index (χ3n) is 5.10. The predicted molar refractivity (Wildman–Crippen MR) is 156 cm³/mol. The van der Waals surface area contributed by atoms with Crippen molar-refractivity contribution in [2.45, 2.75) is 52.7 Å². The van der Waals surface area contributed by atoms with E-state index in [0.717, 1.165) is 0 Å². The Kier molecular flexibility index (Phi) is 8.27. The molecular formula is C27H29Cl2N7O5. The van der Waals surface area contributed by atoms with Gasteiger partial charge in [-0.1, -0.05) is 29.3 Å². The standard InChI is InChI=1S/C27H29Cl2N7O5/c1-26(2,3)40-24(37)36(25(38)41-27(4,5)6)20-13-19(32-23(33-20)39-7)31-22-15-14-35(34-18(15)11-12-30-22)21-16(28)9-8-10-17(21)29/h8-14H,1-7H3,(H,30,31,32,33). The molecule has 0 aliphatic rings. The first-order valence-electron chi connectivity index (χ1n) is 12.4. The Morgan fingerprint density at radius 3 is 2.12 bits per heavy atom. The fraction of sp³-hybridized carbons (Fsp3) is 0.333. The highest BCUT2D eigenvalue weighted by Crippen LogP contribution is 2.32. The molecule has 0 saturated heterocycles. The lowest BCUT2D eigenvalue weighted by molar-refractivity contribution is 0.0429. The van der Waals surface area contributed by atoms with Gasteiger partial charge in [0, 0.05) is 18.5 Å². The number of carbonyl (C=O) groups is 2. The minimum absolute atomic E-state index is 0.132. The third-order valence-corrected chi connectivity index (χ3v) is 5.71. The van der Waals surface area contributed by atoms with Gasteiger partial charge < -0.3 is 19.5 Å². The highest BCUT2D eigenvalue weighted by Gasteiger charge is 2.34. The summed E-state index contributed by atoms with van der Waals surface area (Å²) in [6, 6.07) is 8.12. The molecule has 0 aliphatic carbocycles. The molecule has 41 heavy (non-hydrogen) atoms. The molecule has 0 radical (unpaired) electrons. The lowest BCUT2D eigenvalue weighted by Crippen LogP contribution is -2.44. The van der Waals surface area contributed by atoms with E-state index < -0.39 is 23.4 Å². The number of amides is 2. The summed E-state index contributed by atoms with van der Waals surface area (Å²) in [5.41, 5.74) is -0.710. The number of benzene rings is 1. The predicted octanol–water partition coefficient (Wildman–Crippen LogP) is 6.95. The summed E-state index contributed by atoms with van der Waals surface area (Å²) >= 11 is 12.8. The summed E-state index contributed by atoms with van der Waals surface area (Å²) in [7, 11) is 1.35. The number of fused-ring (bicyclic) bond motifs is 1. The van der Waals surface area contributed by atoms with Gasteiger partial charge in [-0.2, -0.15) is 20.0 Å². The van der Waals surface area contributed by atoms with E-state index in [4.69, 9.17) is 37.4 Å². The minimum atomic E-state index is -0.989. The summed E-state index contributed by atoms with van der Waals surface area (Å²) in [4.78, 5) is 39.9. The SMILES string of the molecule is COc1nc(Nc2nccc3nn(-c4c(Cl)cccc4Cl)cc23)cc(N(C(=O)OC(C)(C)C)C(=O)OC(C)(C)C)n1. The molecule has 14 heteroatoms. The Balaban J connectivity index is 1.77. The van der Waals surface area contributed by atoms with E-state index in [2.05, 4.69) is 25.4 Å². The fourth-order valence-electron chi connectivity index (χ4n) is 3.55. The zero-order valence-corrected chi connectivity index (χ0v) is 25.0. The van der Waals surface area contributed by atoms with E-state index in [9.17, 15) is 9.59 Å². The van der Waals surface area contributed by atoms with Gasteiger partial charge in [0.25, 0.3) is 0 Å². The van der Waals surface area contributed by atoms with Crippen LogP contribution in [0.3, 0.4) is 0 Å². The van der Waals surface area contributed by atoms with E-state index in [0.29, 0.717) is 37.4 Å². The number of hydrogen-bond donors (Lipinski definition) is 1. The second-order valence-corrected chi connectivity index (χ2v) is 11.6. The summed E-state index contributed by atoms with van der Waals surface area (Å²) in [6.45, 7) is 10.0. The molecule has 3 heterocycles. The van der Waals surface area contributed by atoms with E-state index in [1.165, 1.54) is 13.2 Å². The first kappa shape index (κ1) is 29.8. The highest BCUT2D eigenvalue weighted by atomic mass is 35.5. The molecular weight excluding hydrogens is 573 g/mol. The van der Waals surface area contributed by atoms with Crippen molar-refractivity contribution in [1.29, 1.82) is 0 Å². The number of hydrogen-bond acceptors (Lipinski definition) is 10. The number of ether oxygens (including phenoxy) is 3. The molecule has 12 nitrogen and oxygen atoms in total. The van der Waals surface area contributed by atoms with Gasteiger partial charge in [-0.15, -0.1) is 0 Å². The van der Waals surface area contributed by atoms with Crippen molar-refractivity contribution in [2.24, 2.45) is 0 Å². The topological polar surface area (TPSA) is 134 Å². The monoisotopic (exact) mass is 601 g/mol. The van der Waals surface area contributed by atoms with E-state index in [-0.39, 0.29) is 17.6 Å². The van der Waals surface area contributed by atoms with Crippen molar-refractivity contribution in [1.82, 2.24) is 24.7 Å². The van der Waals surface area contributed by atoms with Crippen LogP contribution in [0.1, 0.15) is 41.5 Å². The molecule has 2 amide bonds. The maximum absolute atomic E-state index is 13.2. The Morgan fingerprint density at radius 1 is 0.951 bits per heavy atom. The molecule has 216 valence electrons. The smallest absolute Gasteiger partial charge is 0.425 e. The molecule has 4 aromatic rings. The number of carbonyl (C=O) groups excluding carboxylic acids is 2. The van der Waals surface area contributed by atoms with Gasteiger partial charge in [0.1, 0.15) is 28.5 Å². The lowest BCUT2D eigenvalue weighted by Gasteiger charge is -2.28. The van der Waals surface area contributed by atoms with Gasteiger partial charge in [-0.25, -0.2) is 19.3 Å². The molecule has 1 aromatic carbocycles. The van der Waals surface area contributed by atoms with Crippen molar-refractivity contribution in [3.05, 3.63) is 52.8 Å². The minimum Gasteiger partial charge on any atom is -0.467 e. The number of methoxy groups -OCH3 is 1. The molecule has 3 aromatic heterocycles. The zero-order chi connectivity index (χ0) is 30.1. The van der Waals surface area contributed by atoms with E-state index in [1.54, 1.807) is 82.9 Å². The summed E-state index contributed by atoms with van der Waals surface area (Å²) in [5.74, 6) is 0.380.